The lowest BCUT2D eigenvalue weighted by atomic mass is 10.2. The SMILES string of the molecule is c1ccc(CNCCN(Cc2ccccc2)N(Cc2ccccc2)Cc2ccccc2)cc1. The van der Waals surface area contributed by atoms with Crippen LogP contribution >= 0.6 is 0 Å². The molecule has 0 aliphatic heterocycles. The monoisotopic (exact) mass is 435 g/mol. The molecule has 33 heavy (non-hydrogen) atoms. The molecule has 4 rings (SSSR count). The lowest BCUT2D eigenvalue weighted by Gasteiger charge is -2.35. The summed E-state index contributed by atoms with van der Waals surface area (Å²) in [6.45, 7) is 5.37. The summed E-state index contributed by atoms with van der Waals surface area (Å²) >= 11 is 0. The van der Waals surface area contributed by atoms with Crippen molar-refractivity contribution in [2.75, 3.05) is 13.1 Å². The first-order chi connectivity index (χ1) is 16.4. The van der Waals surface area contributed by atoms with Crippen LogP contribution in [0.5, 0.6) is 0 Å². The van der Waals surface area contributed by atoms with E-state index in [1.54, 1.807) is 0 Å². The molecule has 4 aromatic carbocycles. The van der Waals surface area contributed by atoms with Gasteiger partial charge in [-0.3, -0.25) is 0 Å². The van der Waals surface area contributed by atoms with E-state index in [0.717, 1.165) is 39.3 Å². The van der Waals surface area contributed by atoms with Gasteiger partial charge in [-0.15, -0.1) is 0 Å². The van der Waals surface area contributed by atoms with E-state index in [-0.39, 0.29) is 0 Å². The summed E-state index contributed by atoms with van der Waals surface area (Å²) < 4.78 is 0. The van der Waals surface area contributed by atoms with E-state index in [1.165, 1.54) is 22.3 Å². The fourth-order valence-corrected chi connectivity index (χ4v) is 4.00. The van der Waals surface area contributed by atoms with Gasteiger partial charge in [0.1, 0.15) is 0 Å². The number of nitrogens with zero attached hydrogens (tertiary/aromatic N) is 2. The molecule has 0 spiro atoms. The molecular formula is C30H33N3. The van der Waals surface area contributed by atoms with E-state index in [4.69, 9.17) is 0 Å². The van der Waals surface area contributed by atoms with Crippen LogP contribution in [0, 0.1) is 0 Å². The molecule has 1 N–H and O–H groups in total. The number of rotatable bonds is 12. The lowest BCUT2D eigenvalue weighted by molar-refractivity contribution is -0.0483. The molecule has 3 heteroatoms. The molecule has 0 bridgehead atoms. The van der Waals surface area contributed by atoms with Gasteiger partial charge in [-0.05, 0) is 22.3 Å². The summed E-state index contributed by atoms with van der Waals surface area (Å²) in [7, 11) is 0. The van der Waals surface area contributed by atoms with Gasteiger partial charge >= 0.3 is 0 Å². The van der Waals surface area contributed by atoms with Crippen LogP contribution in [-0.2, 0) is 26.2 Å². The van der Waals surface area contributed by atoms with Gasteiger partial charge in [0, 0.05) is 39.3 Å². The van der Waals surface area contributed by atoms with Gasteiger partial charge in [-0.2, -0.15) is 0 Å². The molecule has 0 aliphatic rings. The molecule has 3 nitrogen and oxygen atoms in total. The van der Waals surface area contributed by atoms with E-state index in [1.807, 2.05) is 0 Å². The Morgan fingerprint density at radius 3 is 1.21 bits per heavy atom. The summed E-state index contributed by atoms with van der Waals surface area (Å²) in [5.41, 5.74) is 5.29. The third-order valence-electron chi connectivity index (χ3n) is 5.74. The molecule has 0 heterocycles. The molecule has 0 saturated heterocycles. The van der Waals surface area contributed by atoms with Gasteiger partial charge in [0.05, 0.1) is 0 Å². The molecule has 0 radical (unpaired) electrons. The van der Waals surface area contributed by atoms with E-state index in [0.29, 0.717) is 0 Å². The predicted molar refractivity (Wildman–Crippen MR) is 137 cm³/mol. The highest BCUT2D eigenvalue weighted by Gasteiger charge is 2.17. The van der Waals surface area contributed by atoms with Crippen LogP contribution in [0.25, 0.3) is 0 Å². The molecule has 0 aliphatic carbocycles. The maximum Gasteiger partial charge on any atom is 0.0388 e. The van der Waals surface area contributed by atoms with Gasteiger partial charge in [0.15, 0.2) is 0 Å². The maximum absolute atomic E-state index is 3.63. The maximum atomic E-state index is 3.63. The molecule has 0 aromatic heterocycles. The quantitative estimate of drug-likeness (QED) is 0.221. The van der Waals surface area contributed by atoms with Crippen LogP contribution in [0.4, 0.5) is 0 Å². The summed E-state index contributed by atoms with van der Waals surface area (Å²) in [6, 6.07) is 42.9. The van der Waals surface area contributed by atoms with E-state index >= 15 is 0 Å². The first kappa shape index (κ1) is 22.9. The van der Waals surface area contributed by atoms with Crippen molar-refractivity contribution in [3.63, 3.8) is 0 Å². The number of hydrogen-bond donors (Lipinski definition) is 1. The zero-order valence-corrected chi connectivity index (χ0v) is 19.2. The predicted octanol–water partition coefficient (Wildman–Crippen LogP) is 5.90. The zero-order valence-electron chi connectivity index (χ0n) is 19.2. The second-order valence-corrected chi connectivity index (χ2v) is 8.33. The van der Waals surface area contributed by atoms with Crippen LogP contribution in [0.15, 0.2) is 121 Å². The highest BCUT2D eigenvalue weighted by molar-refractivity contribution is 5.18. The summed E-state index contributed by atoms with van der Waals surface area (Å²) in [5, 5.41) is 8.61. The molecule has 0 fully saturated rings. The Morgan fingerprint density at radius 1 is 0.424 bits per heavy atom. The zero-order chi connectivity index (χ0) is 22.6. The number of hydrogen-bond acceptors (Lipinski definition) is 3. The molecular weight excluding hydrogens is 402 g/mol. The van der Waals surface area contributed by atoms with Crippen molar-refractivity contribution in [1.82, 2.24) is 15.3 Å². The van der Waals surface area contributed by atoms with Crippen molar-refractivity contribution in [3.8, 4) is 0 Å². The molecule has 0 unspecified atom stereocenters. The van der Waals surface area contributed by atoms with Gasteiger partial charge in [0.25, 0.3) is 0 Å². The first-order valence-electron chi connectivity index (χ1n) is 11.7. The van der Waals surface area contributed by atoms with Crippen LogP contribution < -0.4 is 5.32 Å². The third-order valence-corrected chi connectivity index (χ3v) is 5.74. The highest BCUT2D eigenvalue weighted by atomic mass is 15.6. The molecule has 0 amide bonds. The van der Waals surface area contributed by atoms with Crippen molar-refractivity contribution in [2.24, 2.45) is 0 Å². The van der Waals surface area contributed by atoms with Crippen molar-refractivity contribution < 1.29 is 0 Å². The van der Waals surface area contributed by atoms with Crippen LogP contribution in [0.3, 0.4) is 0 Å². The molecule has 168 valence electrons. The molecule has 4 aromatic rings. The summed E-state index contributed by atoms with van der Waals surface area (Å²) in [6.07, 6.45) is 0. The van der Waals surface area contributed by atoms with Gasteiger partial charge in [-0.25, -0.2) is 10.0 Å². The average Bonchev–Trinajstić information content (AvgIpc) is 2.88. The minimum atomic E-state index is 0.876. The van der Waals surface area contributed by atoms with E-state index in [9.17, 15) is 0 Å². The van der Waals surface area contributed by atoms with Crippen LogP contribution in [0.1, 0.15) is 22.3 Å². The standard InChI is InChI=1S/C30H33N3/c1-5-13-27(14-6-1)23-31-21-22-32(24-28-15-7-2-8-16-28)33(25-29-17-9-3-10-18-29)26-30-19-11-4-12-20-30/h1-20,31H,21-26H2. The topological polar surface area (TPSA) is 18.5 Å². The Morgan fingerprint density at radius 2 is 0.788 bits per heavy atom. The largest absolute Gasteiger partial charge is 0.311 e. The fourth-order valence-electron chi connectivity index (χ4n) is 4.00. The fraction of sp³-hybridized carbons (Fsp3) is 0.200. The van der Waals surface area contributed by atoms with Crippen molar-refractivity contribution in [3.05, 3.63) is 144 Å². The Hall–Kier alpha value is -3.24. The second kappa shape index (κ2) is 12.7. The normalized spacial score (nSPS) is 11.2. The Balaban J connectivity index is 1.50. The van der Waals surface area contributed by atoms with Gasteiger partial charge in [0.2, 0.25) is 0 Å². The Bertz CT molecular complexity index is 995. The smallest absolute Gasteiger partial charge is 0.0388 e. The molecule has 0 saturated carbocycles. The highest BCUT2D eigenvalue weighted by Crippen LogP contribution is 2.16. The van der Waals surface area contributed by atoms with Gasteiger partial charge in [-0.1, -0.05) is 121 Å². The Kier molecular flexibility index (Phi) is 8.83. The van der Waals surface area contributed by atoms with Crippen molar-refractivity contribution in [2.45, 2.75) is 26.2 Å². The number of benzene rings is 4. The van der Waals surface area contributed by atoms with E-state index in [2.05, 4.69) is 137 Å². The minimum Gasteiger partial charge on any atom is -0.311 e. The first-order valence-corrected chi connectivity index (χ1v) is 11.7. The van der Waals surface area contributed by atoms with Crippen LogP contribution in [-0.4, -0.2) is 23.1 Å². The van der Waals surface area contributed by atoms with Crippen LogP contribution in [0.2, 0.25) is 0 Å². The van der Waals surface area contributed by atoms with Crippen molar-refractivity contribution in [1.29, 1.82) is 0 Å². The van der Waals surface area contributed by atoms with Crippen molar-refractivity contribution >= 4 is 0 Å². The summed E-state index contributed by atoms with van der Waals surface area (Å²) in [5.74, 6) is 0. The Labute approximate surface area is 198 Å². The summed E-state index contributed by atoms with van der Waals surface area (Å²) in [4.78, 5) is 0. The number of nitrogens with one attached hydrogen (secondary N) is 1. The van der Waals surface area contributed by atoms with E-state index < -0.39 is 0 Å². The minimum absolute atomic E-state index is 0.876. The molecule has 0 atom stereocenters. The second-order valence-electron chi connectivity index (χ2n) is 8.33. The van der Waals surface area contributed by atoms with Gasteiger partial charge < -0.3 is 5.32 Å². The average molecular weight is 436 g/mol. The lowest BCUT2D eigenvalue weighted by Crippen LogP contribution is -2.44. The number of hydrazine groups is 1. The third kappa shape index (κ3) is 7.69.